The van der Waals surface area contributed by atoms with Crippen LogP contribution in [0.1, 0.15) is 24.4 Å². The highest BCUT2D eigenvalue weighted by Gasteiger charge is 2.28. The molecule has 1 unspecified atom stereocenters. The van der Waals surface area contributed by atoms with Crippen LogP contribution in [0.4, 0.5) is 18.0 Å². The minimum absolute atomic E-state index is 0.358. The normalized spacial score (nSPS) is 13.2. The molecule has 1 aromatic heterocycles. The van der Waals surface area contributed by atoms with Crippen molar-refractivity contribution in [2.24, 2.45) is 0 Å². The molecule has 1 rings (SSSR count). The number of hydrogen-bond donors (Lipinski definition) is 2. The van der Waals surface area contributed by atoms with E-state index < -0.39 is 18.8 Å². The Morgan fingerprint density at radius 1 is 1.59 bits per heavy atom. The van der Waals surface area contributed by atoms with Gasteiger partial charge in [0.2, 0.25) is 0 Å². The van der Waals surface area contributed by atoms with Crippen molar-refractivity contribution >= 4 is 17.4 Å². The molecule has 2 amide bonds. The van der Waals surface area contributed by atoms with Gasteiger partial charge < -0.3 is 10.6 Å². The van der Waals surface area contributed by atoms with Crippen LogP contribution in [-0.4, -0.2) is 23.7 Å². The zero-order chi connectivity index (χ0) is 12.9. The molecule has 0 aliphatic heterocycles. The van der Waals surface area contributed by atoms with E-state index >= 15 is 0 Å². The SMILES string of the molecule is CCC(NC(=O)NCC(F)(F)F)c1nccs1. The van der Waals surface area contributed by atoms with Crippen molar-refractivity contribution in [3.05, 3.63) is 16.6 Å². The van der Waals surface area contributed by atoms with Gasteiger partial charge in [0.1, 0.15) is 11.6 Å². The predicted octanol–water partition coefficient (Wildman–Crippen LogP) is 2.46. The van der Waals surface area contributed by atoms with Gasteiger partial charge in [0.15, 0.2) is 0 Å². The molecule has 8 heteroatoms. The van der Waals surface area contributed by atoms with Gasteiger partial charge in [-0.05, 0) is 6.42 Å². The maximum Gasteiger partial charge on any atom is 0.405 e. The first kappa shape index (κ1) is 13.8. The van der Waals surface area contributed by atoms with E-state index in [1.807, 2.05) is 6.92 Å². The van der Waals surface area contributed by atoms with Crippen LogP contribution in [0.15, 0.2) is 11.6 Å². The van der Waals surface area contributed by atoms with Crippen LogP contribution in [0.3, 0.4) is 0 Å². The molecule has 0 aliphatic carbocycles. The monoisotopic (exact) mass is 267 g/mol. The molecule has 0 bridgehead atoms. The largest absolute Gasteiger partial charge is 0.405 e. The van der Waals surface area contributed by atoms with Gasteiger partial charge in [0.05, 0.1) is 6.04 Å². The average Bonchev–Trinajstić information content (AvgIpc) is 2.75. The highest BCUT2D eigenvalue weighted by molar-refractivity contribution is 7.09. The van der Waals surface area contributed by atoms with E-state index in [0.29, 0.717) is 11.4 Å². The standard InChI is InChI=1S/C9H12F3N3OS/c1-2-6(7-13-3-4-17-7)15-8(16)14-5-9(10,11)12/h3-4,6H,2,5H2,1H3,(H2,14,15,16). The Hall–Kier alpha value is -1.31. The molecule has 17 heavy (non-hydrogen) atoms. The first-order valence-electron chi connectivity index (χ1n) is 4.93. The van der Waals surface area contributed by atoms with E-state index in [4.69, 9.17) is 0 Å². The van der Waals surface area contributed by atoms with Crippen LogP contribution in [-0.2, 0) is 0 Å². The van der Waals surface area contributed by atoms with E-state index in [9.17, 15) is 18.0 Å². The Kier molecular flexibility index (Phi) is 4.73. The minimum Gasteiger partial charge on any atom is -0.329 e. The fraction of sp³-hybridized carbons (Fsp3) is 0.556. The number of thiazole rings is 1. The van der Waals surface area contributed by atoms with Crippen molar-refractivity contribution in [3.63, 3.8) is 0 Å². The zero-order valence-corrected chi connectivity index (χ0v) is 9.86. The van der Waals surface area contributed by atoms with E-state index in [0.717, 1.165) is 0 Å². The third kappa shape index (κ3) is 5.03. The van der Waals surface area contributed by atoms with Crippen LogP contribution >= 0.6 is 11.3 Å². The third-order valence-electron chi connectivity index (χ3n) is 1.91. The molecule has 0 aliphatic rings. The first-order chi connectivity index (χ1) is 7.92. The summed E-state index contributed by atoms with van der Waals surface area (Å²) in [6, 6.07) is -1.20. The second-order valence-corrected chi connectivity index (χ2v) is 4.20. The van der Waals surface area contributed by atoms with Gasteiger partial charge in [0, 0.05) is 11.6 Å². The third-order valence-corrected chi connectivity index (χ3v) is 2.80. The number of nitrogens with one attached hydrogen (secondary N) is 2. The van der Waals surface area contributed by atoms with Crippen molar-refractivity contribution < 1.29 is 18.0 Å². The number of amides is 2. The highest BCUT2D eigenvalue weighted by Crippen LogP contribution is 2.18. The van der Waals surface area contributed by atoms with E-state index in [-0.39, 0.29) is 6.04 Å². The van der Waals surface area contributed by atoms with Gasteiger partial charge >= 0.3 is 12.2 Å². The summed E-state index contributed by atoms with van der Waals surface area (Å²) < 4.78 is 35.6. The molecular weight excluding hydrogens is 255 g/mol. The molecule has 0 radical (unpaired) electrons. The molecule has 0 spiro atoms. The van der Waals surface area contributed by atoms with Gasteiger partial charge in [-0.3, -0.25) is 0 Å². The Labute approximate surface area is 100 Å². The number of urea groups is 1. The number of alkyl halides is 3. The minimum atomic E-state index is -4.40. The van der Waals surface area contributed by atoms with Crippen LogP contribution in [0.2, 0.25) is 0 Å². The first-order valence-corrected chi connectivity index (χ1v) is 5.81. The second-order valence-electron chi connectivity index (χ2n) is 3.27. The fourth-order valence-electron chi connectivity index (χ4n) is 1.13. The van der Waals surface area contributed by atoms with Crippen LogP contribution < -0.4 is 10.6 Å². The smallest absolute Gasteiger partial charge is 0.329 e. The summed E-state index contributed by atoms with van der Waals surface area (Å²) in [5, 5.41) is 6.61. The Balaban J connectivity index is 2.44. The van der Waals surface area contributed by atoms with Crippen molar-refractivity contribution in [2.75, 3.05) is 6.54 Å². The van der Waals surface area contributed by atoms with Gasteiger partial charge in [-0.2, -0.15) is 13.2 Å². The molecule has 1 aromatic rings. The highest BCUT2D eigenvalue weighted by atomic mass is 32.1. The lowest BCUT2D eigenvalue weighted by atomic mass is 10.2. The molecule has 4 nitrogen and oxygen atoms in total. The number of nitrogens with zero attached hydrogens (tertiary/aromatic N) is 1. The van der Waals surface area contributed by atoms with Gasteiger partial charge in [-0.1, -0.05) is 6.92 Å². The van der Waals surface area contributed by atoms with Crippen molar-refractivity contribution in [1.82, 2.24) is 15.6 Å². The number of rotatable bonds is 4. The predicted molar refractivity (Wildman–Crippen MR) is 57.7 cm³/mol. The summed E-state index contributed by atoms with van der Waals surface area (Å²) in [4.78, 5) is 15.2. The Morgan fingerprint density at radius 2 is 2.29 bits per heavy atom. The van der Waals surface area contributed by atoms with Crippen molar-refractivity contribution in [1.29, 1.82) is 0 Å². The van der Waals surface area contributed by atoms with Gasteiger partial charge in [0.25, 0.3) is 0 Å². The molecule has 0 fully saturated rings. The van der Waals surface area contributed by atoms with E-state index in [2.05, 4.69) is 10.3 Å². The lowest BCUT2D eigenvalue weighted by Gasteiger charge is -2.15. The topological polar surface area (TPSA) is 54.0 Å². The summed E-state index contributed by atoms with van der Waals surface area (Å²) in [5.41, 5.74) is 0. The molecule has 96 valence electrons. The second kappa shape index (κ2) is 5.85. The van der Waals surface area contributed by atoms with Crippen LogP contribution in [0.25, 0.3) is 0 Å². The number of aromatic nitrogens is 1. The van der Waals surface area contributed by atoms with Crippen LogP contribution in [0, 0.1) is 0 Å². The Morgan fingerprint density at radius 3 is 2.76 bits per heavy atom. The summed E-state index contributed by atoms with van der Waals surface area (Å²) in [5.74, 6) is 0. The summed E-state index contributed by atoms with van der Waals surface area (Å²) in [6.45, 7) is 0.475. The maximum atomic E-state index is 11.9. The maximum absolute atomic E-state index is 11.9. The zero-order valence-electron chi connectivity index (χ0n) is 9.04. The quantitative estimate of drug-likeness (QED) is 0.880. The van der Waals surface area contributed by atoms with Crippen LogP contribution in [0.5, 0.6) is 0 Å². The number of carbonyl (C=O) groups is 1. The van der Waals surface area contributed by atoms with Gasteiger partial charge in [-0.25, -0.2) is 9.78 Å². The van der Waals surface area contributed by atoms with Gasteiger partial charge in [-0.15, -0.1) is 11.3 Å². The summed E-state index contributed by atoms with van der Waals surface area (Å²) in [7, 11) is 0. The van der Waals surface area contributed by atoms with E-state index in [1.165, 1.54) is 11.3 Å². The lowest BCUT2D eigenvalue weighted by Crippen LogP contribution is -2.42. The molecule has 1 atom stereocenters. The fourth-order valence-corrected chi connectivity index (χ4v) is 1.91. The van der Waals surface area contributed by atoms with E-state index in [1.54, 1.807) is 16.9 Å². The molecule has 0 aromatic carbocycles. The lowest BCUT2D eigenvalue weighted by molar-refractivity contribution is -0.122. The number of hydrogen-bond acceptors (Lipinski definition) is 3. The van der Waals surface area contributed by atoms with Crippen molar-refractivity contribution in [3.8, 4) is 0 Å². The molecular formula is C9H12F3N3OS. The molecule has 2 N–H and O–H groups in total. The average molecular weight is 267 g/mol. The molecule has 1 heterocycles. The number of halogens is 3. The summed E-state index contributed by atoms with van der Waals surface area (Å²) >= 11 is 1.35. The molecule has 0 saturated carbocycles. The number of carbonyl (C=O) groups excluding carboxylic acids is 1. The summed E-state index contributed by atoms with van der Waals surface area (Å²) in [6.07, 6.45) is -2.26. The molecule has 0 saturated heterocycles. The van der Waals surface area contributed by atoms with Crippen molar-refractivity contribution in [2.45, 2.75) is 25.6 Å². The Bertz CT molecular complexity index is 353.